The Labute approximate surface area is 68.5 Å². The number of rotatable bonds is 4. The van der Waals surface area contributed by atoms with E-state index in [0.717, 1.165) is 32.7 Å². The van der Waals surface area contributed by atoms with Gasteiger partial charge in [0.05, 0.1) is 6.61 Å². The molecule has 3 heteroatoms. The summed E-state index contributed by atoms with van der Waals surface area (Å²) in [6.45, 7) is 3.72. The largest absolute Gasteiger partial charge is 0.330 e. The molecule has 1 fully saturated rings. The molecule has 1 aliphatic rings. The fourth-order valence-electron chi connectivity index (χ4n) is 1.27. The highest BCUT2D eigenvalue weighted by molar-refractivity contribution is 4.56. The zero-order chi connectivity index (χ0) is 7.94. The maximum atomic E-state index is 5.48. The number of hydrogen-bond acceptors (Lipinski definition) is 3. The lowest BCUT2D eigenvalue weighted by atomic mass is 10.2. The van der Waals surface area contributed by atoms with Gasteiger partial charge < -0.3 is 5.73 Å². The first-order valence-electron chi connectivity index (χ1n) is 4.51. The third-order valence-electron chi connectivity index (χ3n) is 1.94. The minimum Gasteiger partial charge on any atom is -0.330 e. The molecule has 0 aromatic heterocycles. The van der Waals surface area contributed by atoms with Gasteiger partial charge in [0.15, 0.2) is 0 Å². The molecule has 1 heterocycles. The lowest BCUT2D eigenvalue weighted by molar-refractivity contribution is -0.168. The van der Waals surface area contributed by atoms with E-state index >= 15 is 0 Å². The fourth-order valence-corrected chi connectivity index (χ4v) is 1.27. The van der Waals surface area contributed by atoms with Crippen molar-refractivity contribution in [2.75, 3.05) is 26.2 Å². The Morgan fingerprint density at radius 2 is 1.91 bits per heavy atom. The van der Waals surface area contributed by atoms with Gasteiger partial charge in [-0.25, -0.2) is 0 Å². The van der Waals surface area contributed by atoms with Crippen LogP contribution in [0.3, 0.4) is 0 Å². The quantitative estimate of drug-likeness (QED) is 0.614. The Morgan fingerprint density at radius 1 is 1.18 bits per heavy atom. The zero-order valence-corrected chi connectivity index (χ0v) is 7.09. The van der Waals surface area contributed by atoms with Crippen molar-refractivity contribution in [2.24, 2.45) is 5.73 Å². The Bertz CT molecular complexity index is 92.1. The van der Waals surface area contributed by atoms with Gasteiger partial charge in [0.2, 0.25) is 0 Å². The number of hydrogen-bond donors (Lipinski definition) is 1. The van der Waals surface area contributed by atoms with Crippen molar-refractivity contribution >= 4 is 0 Å². The van der Waals surface area contributed by atoms with Gasteiger partial charge in [-0.15, -0.1) is 0 Å². The maximum Gasteiger partial charge on any atom is 0.0697 e. The summed E-state index contributed by atoms with van der Waals surface area (Å²) in [6.07, 6.45) is 4.89. The van der Waals surface area contributed by atoms with Crippen LogP contribution in [-0.4, -0.2) is 31.3 Å². The molecule has 66 valence electrons. The van der Waals surface area contributed by atoms with Crippen LogP contribution in [-0.2, 0) is 4.84 Å². The SMILES string of the molecule is NCCCON1CCCCC1. The molecule has 0 aromatic carbocycles. The van der Waals surface area contributed by atoms with E-state index in [1.807, 2.05) is 0 Å². The Balaban J connectivity index is 1.96. The van der Waals surface area contributed by atoms with Crippen molar-refractivity contribution in [3.8, 4) is 0 Å². The minimum absolute atomic E-state index is 0.730. The predicted octanol–water partition coefficient (Wildman–Crippen LogP) is 0.753. The van der Waals surface area contributed by atoms with Gasteiger partial charge in [-0.3, -0.25) is 4.84 Å². The first-order chi connectivity index (χ1) is 5.43. The second kappa shape index (κ2) is 5.52. The molecular formula is C8H18N2O. The Kier molecular flexibility index (Phi) is 4.50. The van der Waals surface area contributed by atoms with Gasteiger partial charge in [0.25, 0.3) is 0 Å². The van der Waals surface area contributed by atoms with Crippen LogP contribution in [0, 0.1) is 0 Å². The van der Waals surface area contributed by atoms with E-state index in [2.05, 4.69) is 5.06 Å². The normalized spacial score (nSPS) is 20.5. The highest BCUT2D eigenvalue weighted by atomic mass is 16.7. The summed E-state index contributed by atoms with van der Waals surface area (Å²) in [4.78, 5) is 5.48. The number of nitrogens with zero attached hydrogens (tertiary/aromatic N) is 1. The zero-order valence-electron chi connectivity index (χ0n) is 7.09. The van der Waals surface area contributed by atoms with Crippen LogP contribution in [0.4, 0.5) is 0 Å². The van der Waals surface area contributed by atoms with Crippen LogP contribution in [0.1, 0.15) is 25.7 Å². The molecule has 0 bridgehead atoms. The average Bonchev–Trinajstić information content (AvgIpc) is 2.07. The van der Waals surface area contributed by atoms with Gasteiger partial charge in [0.1, 0.15) is 0 Å². The van der Waals surface area contributed by atoms with Crippen LogP contribution in [0.15, 0.2) is 0 Å². The molecule has 3 nitrogen and oxygen atoms in total. The third kappa shape index (κ3) is 3.70. The molecule has 11 heavy (non-hydrogen) atoms. The van der Waals surface area contributed by atoms with Crippen molar-refractivity contribution < 1.29 is 4.84 Å². The Hall–Kier alpha value is -0.120. The van der Waals surface area contributed by atoms with Crippen molar-refractivity contribution in [2.45, 2.75) is 25.7 Å². The molecule has 1 aliphatic heterocycles. The molecule has 0 saturated carbocycles. The second-order valence-electron chi connectivity index (χ2n) is 2.97. The van der Waals surface area contributed by atoms with Gasteiger partial charge in [-0.1, -0.05) is 6.42 Å². The van der Waals surface area contributed by atoms with Crippen LogP contribution >= 0.6 is 0 Å². The third-order valence-corrected chi connectivity index (χ3v) is 1.94. The maximum absolute atomic E-state index is 5.48. The van der Waals surface area contributed by atoms with Gasteiger partial charge >= 0.3 is 0 Å². The average molecular weight is 158 g/mol. The van der Waals surface area contributed by atoms with Crippen molar-refractivity contribution in [3.05, 3.63) is 0 Å². The van der Waals surface area contributed by atoms with Gasteiger partial charge in [0, 0.05) is 13.1 Å². The van der Waals surface area contributed by atoms with Crippen LogP contribution in [0.2, 0.25) is 0 Å². The van der Waals surface area contributed by atoms with E-state index in [-0.39, 0.29) is 0 Å². The van der Waals surface area contributed by atoms with Crippen molar-refractivity contribution in [1.29, 1.82) is 0 Å². The summed E-state index contributed by atoms with van der Waals surface area (Å²) in [6, 6.07) is 0. The van der Waals surface area contributed by atoms with E-state index in [1.54, 1.807) is 0 Å². The van der Waals surface area contributed by atoms with E-state index in [4.69, 9.17) is 10.6 Å². The first-order valence-corrected chi connectivity index (χ1v) is 4.51. The van der Waals surface area contributed by atoms with Gasteiger partial charge in [-0.2, -0.15) is 5.06 Å². The predicted molar refractivity (Wildman–Crippen MR) is 45.0 cm³/mol. The lowest BCUT2D eigenvalue weighted by Crippen LogP contribution is -2.30. The molecule has 0 radical (unpaired) electrons. The number of piperidine rings is 1. The summed E-state index contributed by atoms with van der Waals surface area (Å²) in [5, 5.41) is 2.07. The van der Waals surface area contributed by atoms with Crippen molar-refractivity contribution in [3.63, 3.8) is 0 Å². The summed E-state index contributed by atoms with van der Waals surface area (Å²) in [5.74, 6) is 0. The van der Waals surface area contributed by atoms with Crippen LogP contribution in [0.25, 0.3) is 0 Å². The smallest absolute Gasteiger partial charge is 0.0697 e. The van der Waals surface area contributed by atoms with Crippen LogP contribution < -0.4 is 5.73 Å². The molecule has 0 unspecified atom stereocenters. The molecule has 0 aliphatic carbocycles. The molecule has 0 atom stereocenters. The van der Waals surface area contributed by atoms with E-state index in [1.165, 1.54) is 19.3 Å². The van der Waals surface area contributed by atoms with Crippen LogP contribution in [0.5, 0.6) is 0 Å². The Morgan fingerprint density at radius 3 is 2.55 bits per heavy atom. The van der Waals surface area contributed by atoms with E-state index in [0.29, 0.717) is 0 Å². The summed E-state index contributed by atoms with van der Waals surface area (Å²) in [7, 11) is 0. The number of nitrogens with two attached hydrogens (primary N) is 1. The van der Waals surface area contributed by atoms with E-state index in [9.17, 15) is 0 Å². The highest BCUT2D eigenvalue weighted by Crippen LogP contribution is 2.08. The first kappa shape index (κ1) is 8.97. The monoisotopic (exact) mass is 158 g/mol. The fraction of sp³-hybridized carbons (Fsp3) is 1.00. The molecule has 1 saturated heterocycles. The van der Waals surface area contributed by atoms with Gasteiger partial charge in [-0.05, 0) is 25.8 Å². The lowest BCUT2D eigenvalue weighted by Gasteiger charge is -2.25. The number of hydroxylamine groups is 2. The minimum atomic E-state index is 0.730. The topological polar surface area (TPSA) is 38.5 Å². The summed E-state index contributed by atoms with van der Waals surface area (Å²) < 4.78 is 0. The van der Waals surface area contributed by atoms with Crippen molar-refractivity contribution in [1.82, 2.24) is 5.06 Å². The van der Waals surface area contributed by atoms with E-state index < -0.39 is 0 Å². The molecule has 0 aromatic rings. The molecule has 1 rings (SSSR count). The second-order valence-corrected chi connectivity index (χ2v) is 2.97. The molecular weight excluding hydrogens is 140 g/mol. The standard InChI is InChI=1S/C8H18N2O/c9-5-4-8-11-10-6-2-1-3-7-10/h1-9H2. The molecule has 0 amide bonds. The summed E-state index contributed by atoms with van der Waals surface area (Å²) >= 11 is 0. The highest BCUT2D eigenvalue weighted by Gasteiger charge is 2.09. The summed E-state index contributed by atoms with van der Waals surface area (Å²) in [5.41, 5.74) is 5.35. The molecule has 0 spiro atoms. The molecule has 2 N–H and O–H groups in total.